The summed E-state index contributed by atoms with van der Waals surface area (Å²) in [5, 5.41) is 14.0. The van der Waals surface area contributed by atoms with E-state index < -0.39 is 0 Å². The molecule has 2 heterocycles. The number of hydrogen-bond donors (Lipinski definition) is 2. The molecule has 0 bridgehead atoms. The van der Waals surface area contributed by atoms with Crippen LogP contribution in [0.5, 0.6) is 0 Å². The standard InChI is InChI=1S/C13H23N5O2/c1-3-6-15-9-11-16-17-13(20-11)18-7-4-10(5-8-18)12(19)14-2/h10,15H,3-9H2,1-2H3,(H,14,19). The number of rotatable bonds is 6. The van der Waals surface area contributed by atoms with Crippen LogP contribution in [0.1, 0.15) is 32.1 Å². The lowest BCUT2D eigenvalue weighted by Gasteiger charge is -2.29. The average Bonchev–Trinajstić information content (AvgIpc) is 2.96. The van der Waals surface area contributed by atoms with E-state index in [9.17, 15) is 4.79 Å². The van der Waals surface area contributed by atoms with Crippen LogP contribution < -0.4 is 15.5 Å². The number of hydrogen-bond acceptors (Lipinski definition) is 6. The van der Waals surface area contributed by atoms with Crippen LogP contribution in [-0.2, 0) is 11.3 Å². The van der Waals surface area contributed by atoms with E-state index in [-0.39, 0.29) is 11.8 Å². The zero-order chi connectivity index (χ0) is 14.4. The molecule has 0 aliphatic carbocycles. The molecule has 1 aromatic heterocycles. The number of anilines is 1. The zero-order valence-corrected chi connectivity index (χ0v) is 12.2. The van der Waals surface area contributed by atoms with Crippen LogP contribution in [0.4, 0.5) is 6.01 Å². The molecule has 112 valence electrons. The predicted molar refractivity (Wildman–Crippen MR) is 75.3 cm³/mol. The van der Waals surface area contributed by atoms with Gasteiger partial charge in [-0.2, -0.15) is 0 Å². The number of nitrogens with one attached hydrogen (secondary N) is 2. The Balaban J connectivity index is 1.83. The van der Waals surface area contributed by atoms with Gasteiger partial charge in [0.05, 0.1) is 6.54 Å². The SMILES string of the molecule is CCCNCc1nnc(N2CCC(C(=O)NC)CC2)o1. The summed E-state index contributed by atoms with van der Waals surface area (Å²) >= 11 is 0. The van der Waals surface area contributed by atoms with Crippen molar-refractivity contribution >= 4 is 11.9 Å². The minimum absolute atomic E-state index is 0.102. The van der Waals surface area contributed by atoms with Crippen LogP contribution in [-0.4, -0.2) is 42.8 Å². The second-order valence-corrected chi connectivity index (χ2v) is 5.03. The molecule has 0 atom stereocenters. The Hall–Kier alpha value is -1.63. The first kappa shape index (κ1) is 14.8. The smallest absolute Gasteiger partial charge is 0.318 e. The highest BCUT2D eigenvalue weighted by molar-refractivity contribution is 5.78. The van der Waals surface area contributed by atoms with Crippen molar-refractivity contribution in [2.75, 3.05) is 31.6 Å². The average molecular weight is 281 g/mol. The van der Waals surface area contributed by atoms with Crippen LogP contribution >= 0.6 is 0 Å². The molecule has 1 aromatic rings. The minimum Gasteiger partial charge on any atom is -0.407 e. The number of amides is 1. The number of carbonyl (C=O) groups excluding carboxylic acids is 1. The van der Waals surface area contributed by atoms with Gasteiger partial charge in [-0.25, -0.2) is 0 Å². The Bertz CT molecular complexity index is 426. The maximum absolute atomic E-state index is 11.6. The quantitative estimate of drug-likeness (QED) is 0.740. The van der Waals surface area contributed by atoms with Gasteiger partial charge in [0.15, 0.2) is 0 Å². The maximum Gasteiger partial charge on any atom is 0.318 e. The highest BCUT2D eigenvalue weighted by atomic mass is 16.4. The summed E-state index contributed by atoms with van der Waals surface area (Å²) in [4.78, 5) is 13.6. The fourth-order valence-electron chi connectivity index (χ4n) is 2.35. The minimum atomic E-state index is 0.102. The molecule has 7 heteroatoms. The van der Waals surface area contributed by atoms with E-state index in [0.29, 0.717) is 18.5 Å². The van der Waals surface area contributed by atoms with Crippen LogP contribution in [0.2, 0.25) is 0 Å². The summed E-state index contributed by atoms with van der Waals surface area (Å²) in [5.74, 6) is 0.839. The predicted octanol–water partition coefficient (Wildman–Crippen LogP) is 0.532. The highest BCUT2D eigenvalue weighted by Crippen LogP contribution is 2.22. The first-order valence-electron chi connectivity index (χ1n) is 7.24. The number of carbonyl (C=O) groups is 1. The van der Waals surface area contributed by atoms with Gasteiger partial charge in [-0.15, -0.1) is 5.10 Å². The van der Waals surface area contributed by atoms with E-state index in [1.165, 1.54) is 0 Å². The molecule has 0 radical (unpaired) electrons. The van der Waals surface area contributed by atoms with Gasteiger partial charge in [0.1, 0.15) is 0 Å². The van der Waals surface area contributed by atoms with Gasteiger partial charge in [-0.05, 0) is 25.8 Å². The van der Waals surface area contributed by atoms with Crippen molar-refractivity contribution in [1.29, 1.82) is 0 Å². The summed E-state index contributed by atoms with van der Waals surface area (Å²) < 4.78 is 5.63. The monoisotopic (exact) mass is 281 g/mol. The van der Waals surface area contributed by atoms with E-state index in [1.807, 2.05) is 0 Å². The maximum atomic E-state index is 11.6. The largest absolute Gasteiger partial charge is 0.407 e. The summed E-state index contributed by atoms with van der Waals surface area (Å²) in [5.41, 5.74) is 0. The van der Waals surface area contributed by atoms with Gasteiger partial charge < -0.3 is 20.0 Å². The van der Waals surface area contributed by atoms with Crippen LogP contribution in [0.25, 0.3) is 0 Å². The molecular weight excluding hydrogens is 258 g/mol. The van der Waals surface area contributed by atoms with Gasteiger partial charge in [-0.1, -0.05) is 12.0 Å². The third kappa shape index (κ3) is 3.69. The summed E-state index contributed by atoms with van der Waals surface area (Å²) in [6, 6.07) is 0.564. The Morgan fingerprint density at radius 3 is 2.80 bits per heavy atom. The van der Waals surface area contributed by atoms with E-state index >= 15 is 0 Å². The van der Waals surface area contributed by atoms with Crippen molar-refractivity contribution in [2.45, 2.75) is 32.7 Å². The summed E-state index contributed by atoms with van der Waals surface area (Å²) in [6.07, 6.45) is 2.73. The lowest BCUT2D eigenvalue weighted by Crippen LogP contribution is -2.39. The molecule has 1 amide bonds. The molecule has 7 nitrogen and oxygen atoms in total. The Morgan fingerprint density at radius 1 is 1.40 bits per heavy atom. The normalized spacial score (nSPS) is 16.4. The van der Waals surface area contributed by atoms with Gasteiger partial charge >= 0.3 is 6.01 Å². The van der Waals surface area contributed by atoms with Crippen molar-refractivity contribution in [2.24, 2.45) is 5.92 Å². The first-order valence-corrected chi connectivity index (χ1v) is 7.24. The van der Waals surface area contributed by atoms with Gasteiger partial charge in [0.2, 0.25) is 11.8 Å². The molecule has 1 aliphatic rings. The third-order valence-corrected chi connectivity index (χ3v) is 3.54. The molecule has 0 spiro atoms. The first-order chi connectivity index (χ1) is 9.74. The zero-order valence-electron chi connectivity index (χ0n) is 12.2. The molecule has 1 aliphatic heterocycles. The summed E-state index contributed by atoms with van der Waals surface area (Å²) in [6.45, 7) is 5.22. The molecule has 0 saturated carbocycles. The second-order valence-electron chi connectivity index (χ2n) is 5.03. The van der Waals surface area contributed by atoms with E-state index in [2.05, 4.69) is 32.7 Å². The Kier molecular flexibility index (Phi) is 5.34. The molecule has 20 heavy (non-hydrogen) atoms. The number of piperidine rings is 1. The van der Waals surface area contributed by atoms with E-state index in [4.69, 9.17) is 4.42 Å². The molecule has 1 saturated heterocycles. The van der Waals surface area contributed by atoms with Crippen LogP contribution in [0, 0.1) is 5.92 Å². The number of nitrogens with zero attached hydrogens (tertiary/aromatic N) is 3. The van der Waals surface area contributed by atoms with Crippen molar-refractivity contribution in [3.8, 4) is 0 Å². The lowest BCUT2D eigenvalue weighted by molar-refractivity contribution is -0.125. The van der Waals surface area contributed by atoms with Gasteiger partial charge in [0.25, 0.3) is 0 Å². The molecular formula is C13H23N5O2. The highest BCUT2D eigenvalue weighted by Gasteiger charge is 2.26. The molecule has 2 N–H and O–H groups in total. The van der Waals surface area contributed by atoms with Crippen molar-refractivity contribution < 1.29 is 9.21 Å². The fraction of sp³-hybridized carbons (Fsp3) is 0.769. The van der Waals surface area contributed by atoms with E-state index in [0.717, 1.165) is 38.9 Å². The lowest BCUT2D eigenvalue weighted by atomic mass is 9.96. The van der Waals surface area contributed by atoms with Gasteiger partial charge in [0, 0.05) is 26.1 Å². The van der Waals surface area contributed by atoms with Crippen molar-refractivity contribution in [3.63, 3.8) is 0 Å². The van der Waals surface area contributed by atoms with E-state index in [1.54, 1.807) is 7.05 Å². The van der Waals surface area contributed by atoms with Crippen molar-refractivity contribution in [1.82, 2.24) is 20.8 Å². The van der Waals surface area contributed by atoms with Crippen LogP contribution in [0.3, 0.4) is 0 Å². The fourth-order valence-corrected chi connectivity index (χ4v) is 2.35. The molecule has 1 fully saturated rings. The molecule has 2 rings (SSSR count). The Morgan fingerprint density at radius 2 is 2.15 bits per heavy atom. The summed E-state index contributed by atoms with van der Waals surface area (Å²) in [7, 11) is 1.68. The van der Waals surface area contributed by atoms with Gasteiger partial charge in [-0.3, -0.25) is 4.79 Å². The Labute approximate surface area is 119 Å². The van der Waals surface area contributed by atoms with Crippen LogP contribution in [0.15, 0.2) is 4.42 Å². The number of aromatic nitrogens is 2. The third-order valence-electron chi connectivity index (χ3n) is 3.54. The van der Waals surface area contributed by atoms with Crippen molar-refractivity contribution in [3.05, 3.63) is 5.89 Å². The topological polar surface area (TPSA) is 83.3 Å². The second kappa shape index (κ2) is 7.23. The molecule has 0 unspecified atom stereocenters. The molecule has 0 aromatic carbocycles.